The summed E-state index contributed by atoms with van der Waals surface area (Å²) in [5.74, 6) is 7.66. The Morgan fingerprint density at radius 3 is 1.40 bits per heavy atom. The zero-order valence-electron chi connectivity index (χ0n) is 34.9. The van der Waals surface area contributed by atoms with E-state index in [4.69, 9.17) is 26.6 Å². The van der Waals surface area contributed by atoms with E-state index >= 15 is 0 Å². The maximum atomic E-state index is 11.1. The highest BCUT2D eigenvalue weighted by atomic mass is 128. The van der Waals surface area contributed by atoms with Crippen molar-refractivity contribution in [1.29, 1.82) is 0 Å². The van der Waals surface area contributed by atoms with Gasteiger partial charge in [0, 0.05) is 65.6 Å². The van der Waals surface area contributed by atoms with Gasteiger partial charge in [0.05, 0.1) is 13.2 Å². The Labute approximate surface area is 382 Å². The monoisotopic (exact) mass is 1070 g/mol. The van der Waals surface area contributed by atoms with Gasteiger partial charge in [-0.05, 0) is 80.4 Å². The van der Waals surface area contributed by atoms with E-state index in [1.165, 1.54) is 159 Å². The largest absolute Gasteiger partial charge is 0.461 e. The predicted molar refractivity (Wildman–Crippen MR) is 269 cm³/mol. The molecule has 3 fully saturated rings. The Kier molecular flexibility index (Phi) is 54.3. The number of allylic oxidation sites excluding steroid dienone is 2. The number of hydrogen-bond acceptors (Lipinski definition) is 8. The van der Waals surface area contributed by atoms with E-state index in [1.54, 1.807) is 13.8 Å². The van der Waals surface area contributed by atoms with Crippen molar-refractivity contribution in [3.8, 4) is 0 Å². The lowest BCUT2D eigenvalue weighted by atomic mass is 9.86. The topological polar surface area (TPSA) is 83.8 Å². The molecule has 0 bridgehead atoms. The van der Waals surface area contributed by atoms with Gasteiger partial charge in [0.1, 0.15) is 6.61 Å². The van der Waals surface area contributed by atoms with E-state index in [1.807, 2.05) is 23.5 Å². The summed E-state index contributed by atoms with van der Waals surface area (Å²) in [4.78, 5) is 20.9. The number of halogens is 3. The molecule has 0 radical (unpaired) electrons. The van der Waals surface area contributed by atoms with E-state index in [0.717, 1.165) is 29.3 Å². The van der Waals surface area contributed by atoms with Crippen LogP contribution in [0.3, 0.4) is 0 Å². The molecule has 0 aliphatic heterocycles. The minimum absolute atomic E-state index is 0.184. The first-order valence-corrected chi connectivity index (χ1v) is 30.6. The molecule has 11 heteroatoms. The van der Waals surface area contributed by atoms with Crippen LogP contribution in [0.2, 0.25) is 0 Å². The lowest BCUT2D eigenvalue weighted by molar-refractivity contribution is -0.138. The highest BCUT2D eigenvalue weighted by Gasteiger charge is 2.14. The molecule has 5 nitrogen and oxygen atoms in total. The second-order valence-corrected chi connectivity index (χ2v) is 18.0. The molecule has 0 aromatic rings. The highest BCUT2D eigenvalue weighted by molar-refractivity contribution is 15.0. The van der Waals surface area contributed by atoms with Gasteiger partial charge in [-0.1, -0.05) is 141 Å². The molecule has 0 amide bonds. The van der Waals surface area contributed by atoms with Gasteiger partial charge in [0.15, 0.2) is 0 Å². The quantitative estimate of drug-likeness (QED) is 0.0201. The average Bonchev–Trinajstić information content (AvgIpc) is 3.22. The SMILES string of the molecule is C=C(C)C(=O)Cl.C=C(C)C(=O)OCCSCCCCC1CCCCC1.C=CCCC1CCCCC1.II.OCCS.OCCSCCCCC1CCCCC1. The van der Waals surface area contributed by atoms with Crippen molar-refractivity contribution in [2.24, 2.45) is 17.8 Å². The number of rotatable bonds is 21. The Hall–Kier alpha value is 1.08. The number of hydrogen-bond donors (Lipinski definition) is 3. The van der Waals surface area contributed by atoms with Crippen molar-refractivity contribution in [3.05, 3.63) is 37.0 Å². The number of aliphatic hydroxyl groups excluding tert-OH is 2. The van der Waals surface area contributed by atoms with Crippen LogP contribution in [0.25, 0.3) is 0 Å². The maximum absolute atomic E-state index is 11.1. The highest BCUT2D eigenvalue weighted by Crippen LogP contribution is 2.29. The van der Waals surface area contributed by atoms with Crippen molar-refractivity contribution in [1.82, 2.24) is 0 Å². The molecule has 3 saturated carbocycles. The summed E-state index contributed by atoms with van der Waals surface area (Å²) in [5.41, 5.74) is 0.870. The van der Waals surface area contributed by atoms with Crippen LogP contribution in [0, 0.1) is 17.8 Å². The standard InChI is InChI=1S/C16H28O2S.C12H24OS.C10H18.C4H5ClO.C2H6OS.I2/c1-14(2)16(17)18-11-13-19-12-7-6-10-15-8-4-3-5-9-15;13-9-11-14-10-5-4-8-12-6-2-1-3-7-12;1-2-3-7-10-8-5-4-6-9-10;1-3(2)4(5)6;3-1-2-4;1-2/h15H,1,3-13H2,2H3;12-13H,1-11H2;2,10H,1,3-9H2;1H2,2H3;3-4H,1-2H2;. The van der Waals surface area contributed by atoms with Crippen molar-refractivity contribution >= 4 is 96.2 Å². The van der Waals surface area contributed by atoms with E-state index in [2.05, 4.69) is 75.7 Å². The van der Waals surface area contributed by atoms with E-state index in [0.29, 0.717) is 30.1 Å². The molecule has 0 saturated heterocycles. The smallest absolute Gasteiger partial charge is 0.333 e. The van der Waals surface area contributed by atoms with E-state index in [9.17, 15) is 9.59 Å². The van der Waals surface area contributed by atoms with Crippen LogP contribution < -0.4 is 0 Å². The van der Waals surface area contributed by atoms with Crippen LogP contribution in [0.15, 0.2) is 37.0 Å². The van der Waals surface area contributed by atoms with Gasteiger partial charge in [0.2, 0.25) is 5.24 Å². The summed E-state index contributed by atoms with van der Waals surface area (Å²) in [6.07, 6.45) is 35.0. The second kappa shape index (κ2) is 49.4. The molecule has 55 heavy (non-hydrogen) atoms. The molecule has 0 unspecified atom stereocenters. The molecular formula is C44H81ClI2O5S3. The summed E-state index contributed by atoms with van der Waals surface area (Å²) in [6, 6.07) is 0. The van der Waals surface area contributed by atoms with E-state index < -0.39 is 5.24 Å². The number of unbranched alkanes of at least 4 members (excludes halogenated alkanes) is 2. The fraction of sp³-hybridized carbons (Fsp3) is 0.818. The molecule has 0 atom stereocenters. The van der Waals surface area contributed by atoms with Crippen molar-refractivity contribution in [2.75, 3.05) is 48.6 Å². The van der Waals surface area contributed by atoms with E-state index in [-0.39, 0.29) is 12.6 Å². The Morgan fingerprint density at radius 1 is 0.691 bits per heavy atom. The third-order valence-electron chi connectivity index (χ3n) is 9.74. The zero-order chi connectivity index (χ0) is 41.8. The van der Waals surface area contributed by atoms with Crippen molar-refractivity contribution < 1.29 is 24.5 Å². The van der Waals surface area contributed by atoms with Crippen molar-refractivity contribution in [2.45, 2.75) is 162 Å². The molecular weight excluding hydrogens is 994 g/mol. The number of thiol groups is 1. The Balaban J connectivity index is -0.000000661. The molecule has 326 valence electrons. The number of ether oxygens (including phenoxy) is 1. The number of carbonyl (C=O) groups is 2. The van der Waals surface area contributed by atoms with Crippen LogP contribution in [-0.4, -0.2) is 70.0 Å². The molecule has 3 aliphatic carbocycles. The van der Waals surface area contributed by atoms with Gasteiger partial charge in [-0.2, -0.15) is 36.2 Å². The first-order valence-electron chi connectivity index (χ1n) is 21.0. The van der Waals surface area contributed by atoms with Gasteiger partial charge in [-0.15, -0.1) is 6.58 Å². The van der Waals surface area contributed by atoms with Gasteiger partial charge < -0.3 is 14.9 Å². The van der Waals surface area contributed by atoms with Crippen molar-refractivity contribution in [3.63, 3.8) is 0 Å². The van der Waals surface area contributed by atoms with Crippen LogP contribution in [0.4, 0.5) is 0 Å². The zero-order valence-corrected chi connectivity index (χ0v) is 42.5. The summed E-state index contributed by atoms with van der Waals surface area (Å²) in [6.45, 7) is 14.9. The first-order chi connectivity index (χ1) is 26.6. The Bertz CT molecular complexity index is 867. The fourth-order valence-corrected chi connectivity index (χ4v) is 8.20. The number of thioether (sulfide) groups is 2. The third-order valence-corrected chi connectivity index (χ3v) is 12.3. The average molecular weight is 1080 g/mol. The van der Waals surface area contributed by atoms with Crippen LogP contribution in [0.5, 0.6) is 0 Å². The van der Waals surface area contributed by atoms with Gasteiger partial charge >= 0.3 is 5.97 Å². The molecule has 0 aromatic carbocycles. The van der Waals surface area contributed by atoms with Gasteiger partial charge in [-0.25, -0.2) is 4.79 Å². The lowest BCUT2D eigenvalue weighted by Gasteiger charge is -2.21. The fourth-order valence-electron chi connectivity index (χ4n) is 6.64. The molecule has 3 aliphatic rings. The van der Waals surface area contributed by atoms with Crippen LogP contribution >= 0.6 is 85.0 Å². The summed E-state index contributed by atoms with van der Waals surface area (Å²) in [7, 11) is 0. The first kappa shape index (κ1) is 60.4. The normalized spacial score (nSPS) is 15.6. The minimum atomic E-state index is -0.463. The minimum Gasteiger partial charge on any atom is -0.461 e. The molecule has 0 spiro atoms. The summed E-state index contributed by atoms with van der Waals surface area (Å²) < 4.78 is 5.05. The lowest BCUT2D eigenvalue weighted by Crippen LogP contribution is -2.08. The predicted octanol–water partition coefficient (Wildman–Crippen LogP) is 14.6. The molecule has 2 N–H and O–H groups in total. The van der Waals surface area contributed by atoms with Crippen LogP contribution in [0.1, 0.15) is 162 Å². The molecule has 0 aromatic heterocycles. The second-order valence-electron chi connectivity index (χ2n) is 14.7. The molecule has 0 heterocycles. The Morgan fingerprint density at radius 2 is 1.07 bits per heavy atom. The maximum Gasteiger partial charge on any atom is 0.333 e. The van der Waals surface area contributed by atoms with Gasteiger partial charge in [-0.3, -0.25) is 4.79 Å². The van der Waals surface area contributed by atoms with Crippen LogP contribution in [-0.2, 0) is 14.3 Å². The number of esters is 1. The van der Waals surface area contributed by atoms with Gasteiger partial charge in [0.25, 0.3) is 0 Å². The summed E-state index contributed by atoms with van der Waals surface area (Å²) >= 11 is 16.6. The number of carbonyl (C=O) groups excluding carboxylic acids is 2. The third kappa shape index (κ3) is 47.6. The molecule has 3 rings (SSSR count). The number of aliphatic hydroxyl groups is 2. The summed E-state index contributed by atoms with van der Waals surface area (Å²) in [5, 5.41) is 15.9.